The molecule has 0 unspecified atom stereocenters. The Morgan fingerprint density at radius 1 is 1.04 bits per heavy atom. The molecular formula is C21H32ClNO5. The Morgan fingerprint density at radius 2 is 1.64 bits per heavy atom. The Labute approximate surface area is 172 Å². The van der Waals surface area contributed by atoms with Crippen LogP contribution in [0.25, 0.3) is 0 Å². The van der Waals surface area contributed by atoms with Gasteiger partial charge in [-0.2, -0.15) is 0 Å². The molecule has 7 heteroatoms. The molecule has 1 aromatic carbocycles. The summed E-state index contributed by atoms with van der Waals surface area (Å²) >= 11 is 5.94. The van der Waals surface area contributed by atoms with Crippen LogP contribution in [0.5, 0.6) is 5.75 Å². The third-order valence-corrected chi connectivity index (χ3v) is 3.68. The minimum absolute atomic E-state index is 0.458. The number of carbonyl (C=O) groups excluding carboxylic acids is 2. The number of hydrogen-bond donors (Lipinski definition) is 1. The Balaban J connectivity index is 2.90. The Bertz CT molecular complexity index is 678. The van der Waals surface area contributed by atoms with Crippen molar-refractivity contribution in [2.75, 3.05) is 0 Å². The second-order valence-electron chi connectivity index (χ2n) is 8.67. The zero-order valence-corrected chi connectivity index (χ0v) is 18.7. The third kappa shape index (κ3) is 8.93. The van der Waals surface area contributed by atoms with Gasteiger partial charge in [0.2, 0.25) is 0 Å². The van der Waals surface area contributed by atoms with Gasteiger partial charge in [0, 0.05) is 5.02 Å². The zero-order valence-electron chi connectivity index (χ0n) is 18.0. The van der Waals surface area contributed by atoms with E-state index in [2.05, 4.69) is 5.32 Å². The third-order valence-electron chi connectivity index (χ3n) is 3.45. The first-order valence-corrected chi connectivity index (χ1v) is 9.69. The molecule has 0 bridgehead atoms. The predicted octanol–water partition coefficient (Wildman–Crippen LogP) is 4.14. The molecule has 0 saturated carbocycles. The van der Waals surface area contributed by atoms with E-state index in [4.69, 9.17) is 25.8 Å². The lowest BCUT2D eigenvalue weighted by atomic mass is 10.1. The van der Waals surface area contributed by atoms with E-state index >= 15 is 0 Å². The molecule has 0 aliphatic rings. The number of benzene rings is 1. The molecule has 0 fully saturated rings. The van der Waals surface area contributed by atoms with E-state index in [-0.39, 0.29) is 0 Å². The summed E-state index contributed by atoms with van der Waals surface area (Å²) in [4.78, 5) is 25.3. The van der Waals surface area contributed by atoms with Gasteiger partial charge in [0.15, 0.2) is 12.1 Å². The van der Waals surface area contributed by atoms with Crippen LogP contribution < -0.4 is 10.1 Å². The highest BCUT2D eigenvalue weighted by Gasteiger charge is 2.35. The molecular weight excluding hydrogens is 382 g/mol. The number of esters is 1. The van der Waals surface area contributed by atoms with E-state index in [1.807, 2.05) is 20.8 Å². The molecule has 0 aliphatic heterocycles. The van der Waals surface area contributed by atoms with E-state index in [0.717, 1.165) is 0 Å². The van der Waals surface area contributed by atoms with E-state index in [1.54, 1.807) is 58.9 Å². The normalized spacial score (nSPS) is 15.3. The minimum Gasteiger partial charge on any atom is -0.481 e. The molecule has 6 nitrogen and oxygen atoms in total. The average Bonchev–Trinajstić information content (AvgIpc) is 2.48. The molecule has 28 heavy (non-hydrogen) atoms. The molecule has 1 rings (SSSR count). The maximum atomic E-state index is 12.7. The number of carbonyl (C=O) groups is 2. The average molecular weight is 414 g/mol. The monoisotopic (exact) mass is 413 g/mol. The summed E-state index contributed by atoms with van der Waals surface area (Å²) < 4.78 is 17.0. The van der Waals surface area contributed by atoms with Gasteiger partial charge in [0.1, 0.15) is 11.4 Å². The molecule has 158 valence electrons. The van der Waals surface area contributed by atoms with Crippen LogP contribution in [0.4, 0.5) is 0 Å². The van der Waals surface area contributed by atoms with Gasteiger partial charge in [-0.05, 0) is 73.6 Å². The van der Waals surface area contributed by atoms with E-state index in [0.29, 0.717) is 10.8 Å². The second-order valence-corrected chi connectivity index (χ2v) is 9.11. The van der Waals surface area contributed by atoms with Gasteiger partial charge in [-0.3, -0.25) is 4.79 Å². The van der Waals surface area contributed by atoms with Crippen LogP contribution in [0.3, 0.4) is 0 Å². The van der Waals surface area contributed by atoms with Gasteiger partial charge >= 0.3 is 5.97 Å². The molecule has 0 aromatic heterocycles. The molecule has 0 spiro atoms. The molecule has 0 radical (unpaired) electrons. The summed E-state index contributed by atoms with van der Waals surface area (Å²) in [6.45, 7) is 14.3. The van der Waals surface area contributed by atoms with Crippen molar-refractivity contribution < 1.29 is 23.8 Å². The van der Waals surface area contributed by atoms with Gasteiger partial charge in [-0.1, -0.05) is 17.7 Å². The van der Waals surface area contributed by atoms with Gasteiger partial charge in [0.05, 0.1) is 11.7 Å². The molecule has 0 saturated heterocycles. The Hall–Kier alpha value is -1.79. The molecule has 1 amide bonds. The summed E-state index contributed by atoms with van der Waals surface area (Å²) in [6.07, 6.45) is -1.44. The van der Waals surface area contributed by atoms with E-state index in [9.17, 15) is 9.59 Å². The second kappa shape index (κ2) is 9.61. The summed E-state index contributed by atoms with van der Waals surface area (Å²) in [7, 11) is 0. The van der Waals surface area contributed by atoms with E-state index < -0.39 is 41.3 Å². The molecule has 1 aromatic rings. The Morgan fingerprint density at radius 3 is 2.14 bits per heavy atom. The highest BCUT2D eigenvalue weighted by molar-refractivity contribution is 6.30. The zero-order chi connectivity index (χ0) is 21.7. The lowest BCUT2D eigenvalue weighted by Gasteiger charge is -2.32. The summed E-state index contributed by atoms with van der Waals surface area (Å²) in [5.41, 5.74) is -1.18. The highest BCUT2D eigenvalue weighted by Crippen LogP contribution is 2.19. The first-order valence-electron chi connectivity index (χ1n) is 9.31. The number of rotatable bonds is 7. The highest BCUT2D eigenvalue weighted by atomic mass is 35.5. The fraction of sp³-hybridized carbons (Fsp3) is 0.619. The minimum atomic E-state index is -0.976. The number of hydrogen-bond acceptors (Lipinski definition) is 5. The first kappa shape index (κ1) is 24.2. The fourth-order valence-corrected chi connectivity index (χ4v) is 2.61. The van der Waals surface area contributed by atoms with Crippen LogP contribution in [0.15, 0.2) is 24.3 Å². The predicted molar refractivity (Wildman–Crippen MR) is 110 cm³/mol. The van der Waals surface area contributed by atoms with Crippen molar-refractivity contribution in [1.29, 1.82) is 0 Å². The van der Waals surface area contributed by atoms with Crippen molar-refractivity contribution in [3.8, 4) is 5.75 Å². The van der Waals surface area contributed by atoms with Crippen molar-refractivity contribution in [2.45, 2.75) is 84.8 Å². The topological polar surface area (TPSA) is 73.9 Å². The maximum Gasteiger partial charge on any atom is 0.331 e. The number of ether oxygens (including phenoxy) is 3. The maximum absolute atomic E-state index is 12.7. The number of nitrogens with one attached hydrogen (secondary N) is 1. The van der Waals surface area contributed by atoms with Crippen molar-refractivity contribution in [2.24, 2.45) is 0 Å². The number of amides is 1. The Kier molecular flexibility index (Phi) is 8.32. The molecule has 1 N–H and O–H groups in total. The van der Waals surface area contributed by atoms with Crippen LogP contribution in [0, 0.1) is 0 Å². The van der Waals surface area contributed by atoms with Gasteiger partial charge in [-0.15, -0.1) is 0 Å². The van der Waals surface area contributed by atoms with Gasteiger partial charge in [-0.25, -0.2) is 4.79 Å². The smallest absolute Gasteiger partial charge is 0.331 e. The first-order chi connectivity index (χ1) is 12.7. The van der Waals surface area contributed by atoms with Crippen molar-refractivity contribution in [3.63, 3.8) is 0 Å². The van der Waals surface area contributed by atoms with Crippen molar-refractivity contribution in [1.82, 2.24) is 5.32 Å². The fourth-order valence-electron chi connectivity index (χ4n) is 2.43. The van der Waals surface area contributed by atoms with Crippen molar-refractivity contribution >= 4 is 23.5 Å². The largest absolute Gasteiger partial charge is 0.481 e. The van der Waals surface area contributed by atoms with E-state index in [1.165, 1.54) is 0 Å². The van der Waals surface area contributed by atoms with Crippen LogP contribution in [0.1, 0.15) is 55.4 Å². The molecule has 0 heterocycles. The van der Waals surface area contributed by atoms with Crippen LogP contribution in [-0.4, -0.2) is 41.3 Å². The standard InChI is InChI=1S/C21H32ClNO5/c1-13(27-20(3,4)5)17(19(25)28-21(6,7)8)23-18(24)14(2)26-16-11-9-10-15(22)12-16/h9-14,17H,1-8H3,(H,23,24)/t13-,14+,17+/m1/s1. The van der Waals surface area contributed by atoms with Crippen LogP contribution >= 0.6 is 11.6 Å². The SMILES string of the molecule is C[C@H](Oc1cccc(Cl)c1)C(=O)N[C@H](C(=O)OC(C)(C)C)[C@@H](C)OC(C)(C)C. The van der Waals surface area contributed by atoms with Crippen LogP contribution in [-0.2, 0) is 19.1 Å². The molecule has 0 aliphatic carbocycles. The lowest BCUT2D eigenvalue weighted by molar-refractivity contribution is -0.166. The van der Waals surface area contributed by atoms with Crippen LogP contribution in [0.2, 0.25) is 5.02 Å². The summed E-state index contributed by atoms with van der Waals surface area (Å²) in [5, 5.41) is 3.20. The van der Waals surface area contributed by atoms with Gasteiger partial charge < -0.3 is 19.5 Å². The molecule has 3 atom stereocenters. The number of halogens is 1. The lowest BCUT2D eigenvalue weighted by Crippen LogP contribution is -2.54. The van der Waals surface area contributed by atoms with Crippen molar-refractivity contribution in [3.05, 3.63) is 29.3 Å². The quantitative estimate of drug-likeness (QED) is 0.680. The summed E-state index contributed by atoms with van der Waals surface area (Å²) in [5.74, 6) is -0.560. The summed E-state index contributed by atoms with van der Waals surface area (Å²) in [6, 6.07) is 5.78. The van der Waals surface area contributed by atoms with Gasteiger partial charge in [0.25, 0.3) is 5.91 Å².